The molecular formula is C4H7NO2. The van der Waals surface area contributed by atoms with Crippen molar-refractivity contribution in [2.45, 2.75) is 0 Å². The molecule has 0 radical (unpaired) electrons. The maximum Gasteiger partial charge on any atom is 0.207 e. The zero-order valence-electron chi connectivity index (χ0n) is 3.79. The fourth-order valence-electron chi connectivity index (χ4n) is 0.169. The van der Waals surface area contributed by atoms with Gasteiger partial charge in [0.05, 0.1) is 6.26 Å². The van der Waals surface area contributed by atoms with E-state index in [-0.39, 0.29) is 0 Å². The number of carbonyl (C=O) groups excluding carboxylic acids is 1. The lowest BCUT2D eigenvalue weighted by Crippen LogP contribution is -2.09. The van der Waals surface area contributed by atoms with Crippen LogP contribution in [0.15, 0.2) is 12.3 Å². The molecule has 3 nitrogen and oxygen atoms in total. The molecule has 3 heteroatoms. The summed E-state index contributed by atoms with van der Waals surface area (Å²) in [6.07, 6.45) is 2.88. The Balaban J connectivity index is 2.82. The molecule has 2 N–H and O–H groups in total. The molecule has 0 aromatic heterocycles. The van der Waals surface area contributed by atoms with Crippen LogP contribution in [-0.2, 0) is 4.79 Å². The normalized spacial score (nSPS) is 9.14. The molecule has 0 heterocycles. The molecular weight excluding hydrogens is 94.0 g/mol. The Bertz CT molecular complexity index is 70.1. The van der Waals surface area contributed by atoms with Crippen molar-refractivity contribution in [2.24, 2.45) is 0 Å². The van der Waals surface area contributed by atoms with Gasteiger partial charge in [-0.1, -0.05) is 0 Å². The van der Waals surface area contributed by atoms with Crippen molar-refractivity contribution in [1.29, 1.82) is 0 Å². The third-order valence-corrected chi connectivity index (χ3v) is 0.424. The van der Waals surface area contributed by atoms with E-state index in [2.05, 4.69) is 5.32 Å². The molecule has 40 valence electrons. The van der Waals surface area contributed by atoms with Gasteiger partial charge in [0.15, 0.2) is 0 Å². The first-order valence-corrected chi connectivity index (χ1v) is 1.88. The summed E-state index contributed by atoms with van der Waals surface area (Å²) in [4.78, 5) is 9.45. The molecule has 0 atom stereocenters. The number of amides is 1. The van der Waals surface area contributed by atoms with Gasteiger partial charge < -0.3 is 10.4 Å². The number of aliphatic hydroxyl groups is 1. The highest BCUT2D eigenvalue weighted by atomic mass is 16.2. The van der Waals surface area contributed by atoms with Crippen LogP contribution in [0.2, 0.25) is 0 Å². The van der Waals surface area contributed by atoms with Gasteiger partial charge in [-0.25, -0.2) is 0 Å². The molecule has 0 unspecified atom stereocenters. The minimum Gasteiger partial charge on any atom is -0.516 e. The van der Waals surface area contributed by atoms with Gasteiger partial charge in [0.1, 0.15) is 0 Å². The van der Waals surface area contributed by atoms with Crippen molar-refractivity contribution in [1.82, 2.24) is 5.32 Å². The number of rotatable bonds is 3. The zero-order valence-corrected chi connectivity index (χ0v) is 3.79. The Hall–Kier alpha value is -0.990. The van der Waals surface area contributed by atoms with Crippen LogP contribution in [0.3, 0.4) is 0 Å². The van der Waals surface area contributed by atoms with Gasteiger partial charge in [-0.15, -0.1) is 0 Å². The molecule has 0 bridgehead atoms. The van der Waals surface area contributed by atoms with Gasteiger partial charge in [0.2, 0.25) is 6.41 Å². The Labute approximate surface area is 41.7 Å². The summed E-state index contributed by atoms with van der Waals surface area (Å²) in [7, 11) is 0. The van der Waals surface area contributed by atoms with Gasteiger partial charge in [-0.3, -0.25) is 4.79 Å². The molecule has 0 fully saturated rings. The van der Waals surface area contributed by atoms with Crippen LogP contribution in [0.1, 0.15) is 0 Å². The van der Waals surface area contributed by atoms with Gasteiger partial charge in [0, 0.05) is 6.54 Å². The summed E-state index contributed by atoms with van der Waals surface area (Å²) in [6.45, 7) is 0.389. The largest absolute Gasteiger partial charge is 0.516 e. The fourth-order valence-corrected chi connectivity index (χ4v) is 0.169. The summed E-state index contributed by atoms with van der Waals surface area (Å²) in [5.41, 5.74) is 0. The highest BCUT2D eigenvalue weighted by Crippen LogP contribution is 1.58. The smallest absolute Gasteiger partial charge is 0.207 e. The average molecular weight is 101 g/mol. The molecule has 0 aliphatic carbocycles. The first kappa shape index (κ1) is 6.01. The molecule has 0 aromatic rings. The number of hydrogen-bond acceptors (Lipinski definition) is 2. The summed E-state index contributed by atoms with van der Waals surface area (Å²) < 4.78 is 0. The summed E-state index contributed by atoms with van der Waals surface area (Å²) >= 11 is 0. The van der Waals surface area contributed by atoms with Crippen molar-refractivity contribution < 1.29 is 9.90 Å². The van der Waals surface area contributed by atoms with E-state index in [0.29, 0.717) is 13.0 Å². The van der Waals surface area contributed by atoms with E-state index >= 15 is 0 Å². The fraction of sp³-hybridized carbons (Fsp3) is 0.250. The second-order valence-electron chi connectivity index (χ2n) is 0.911. The molecule has 0 aliphatic heterocycles. The molecule has 0 aromatic carbocycles. The summed E-state index contributed by atoms with van der Waals surface area (Å²) in [5, 5.41) is 10.3. The Morgan fingerprint density at radius 1 is 1.71 bits per heavy atom. The Morgan fingerprint density at radius 3 is 2.86 bits per heavy atom. The molecule has 0 spiro atoms. The van der Waals surface area contributed by atoms with E-state index in [4.69, 9.17) is 5.11 Å². The van der Waals surface area contributed by atoms with Crippen LogP contribution in [-0.4, -0.2) is 18.1 Å². The van der Waals surface area contributed by atoms with Crippen molar-refractivity contribution in [3.05, 3.63) is 12.3 Å². The zero-order chi connectivity index (χ0) is 5.54. The topological polar surface area (TPSA) is 49.3 Å². The highest BCUT2D eigenvalue weighted by Gasteiger charge is 1.67. The van der Waals surface area contributed by atoms with E-state index in [0.717, 1.165) is 6.26 Å². The minimum absolute atomic E-state index is 0.389. The van der Waals surface area contributed by atoms with Crippen molar-refractivity contribution >= 4 is 6.41 Å². The SMILES string of the molecule is O=CNCC=CO. The van der Waals surface area contributed by atoms with Crippen LogP contribution in [0.5, 0.6) is 0 Å². The quantitative estimate of drug-likeness (QED) is 0.294. The van der Waals surface area contributed by atoms with Gasteiger partial charge >= 0.3 is 0 Å². The second kappa shape index (κ2) is 5.01. The van der Waals surface area contributed by atoms with Crippen LogP contribution >= 0.6 is 0 Å². The van der Waals surface area contributed by atoms with Gasteiger partial charge in [-0.2, -0.15) is 0 Å². The molecule has 0 saturated heterocycles. The Kier molecular flexibility index (Phi) is 4.30. The second-order valence-corrected chi connectivity index (χ2v) is 0.911. The first-order chi connectivity index (χ1) is 3.41. The van der Waals surface area contributed by atoms with E-state index in [1.807, 2.05) is 0 Å². The predicted octanol–water partition coefficient (Wildman–Crippen LogP) is -0.196. The maximum absolute atomic E-state index is 9.45. The Morgan fingerprint density at radius 2 is 2.43 bits per heavy atom. The lowest BCUT2D eigenvalue weighted by molar-refractivity contribution is -0.109. The van der Waals surface area contributed by atoms with Crippen LogP contribution in [0.4, 0.5) is 0 Å². The summed E-state index contributed by atoms with van der Waals surface area (Å²) in [5.74, 6) is 0. The van der Waals surface area contributed by atoms with E-state index in [1.54, 1.807) is 0 Å². The molecule has 0 aliphatic rings. The van der Waals surface area contributed by atoms with Crippen molar-refractivity contribution in [3.8, 4) is 0 Å². The standard InChI is InChI=1S/C4H7NO2/c6-3-1-2-5-4-7/h1,3-4,6H,2H2,(H,5,7). The van der Waals surface area contributed by atoms with Crippen LogP contribution < -0.4 is 5.32 Å². The third-order valence-electron chi connectivity index (χ3n) is 0.424. The van der Waals surface area contributed by atoms with Gasteiger partial charge in [0.25, 0.3) is 0 Å². The lowest BCUT2D eigenvalue weighted by Gasteiger charge is -1.83. The van der Waals surface area contributed by atoms with Crippen molar-refractivity contribution in [3.63, 3.8) is 0 Å². The maximum atomic E-state index is 9.45. The molecule has 7 heavy (non-hydrogen) atoms. The first-order valence-electron chi connectivity index (χ1n) is 1.88. The van der Waals surface area contributed by atoms with Crippen LogP contribution in [0, 0.1) is 0 Å². The number of nitrogens with one attached hydrogen (secondary N) is 1. The number of carbonyl (C=O) groups is 1. The van der Waals surface area contributed by atoms with E-state index in [1.165, 1.54) is 6.08 Å². The van der Waals surface area contributed by atoms with E-state index in [9.17, 15) is 4.79 Å². The molecule has 0 rings (SSSR count). The molecule has 0 saturated carbocycles. The average Bonchev–Trinajstić information content (AvgIpc) is 1.69. The monoisotopic (exact) mass is 101 g/mol. The third kappa shape index (κ3) is 5.01. The highest BCUT2D eigenvalue weighted by molar-refractivity contribution is 5.46. The lowest BCUT2D eigenvalue weighted by atomic mass is 10.6. The van der Waals surface area contributed by atoms with E-state index < -0.39 is 0 Å². The van der Waals surface area contributed by atoms with Crippen molar-refractivity contribution in [2.75, 3.05) is 6.54 Å². The summed E-state index contributed by atoms with van der Waals surface area (Å²) in [6, 6.07) is 0. The minimum atomic E-state index is 0.389. The predicted molar refractivity (Wildman–Crippen MR) is 25.8 cm³/mol. The molecule has 1 amide bonds. The number of aliphatic hydroxyl groups excluding tert-OH is 1. The van der Waals surface area contributed by atoms with Gasteiger partial charge in [-0.05, 0) is 6.08 Å². The van der Waals surface area contributed by atoms with Crippen LogP contribution in [0.25, 0.3) is 0 Å². The number of hydrogen-bond donors (Lipinski definition) is 2.